The molecule has 0 N–H and O–H groups in total. The maximum Gasteiger partial charge on any atom is 0.384 e. The van der Waals surface area contributed by atoms with Crippen molar-refractivity contribution >= 4 is 17.3 Å². The number of rotatable bonds is 1. The molecule has 1 aromatic rings. The summed E-state index contributed by atoms with van der Waals surface area (Å²) in [5.74, 6) is 4.61. The highest BCUT2D eigenvalue weighted by Gasteiger charge is 1.90. The molecule has 1 rings (SSSR count). The molecule has 0 radical (unpaired) electrons. The molecule has 0 amide bonds. The lowest BCUT2D eigenvalue weighted by atomic mass is 10.3. The minimum Gasteiger partial charge on any atom is -0.459 e. The number of hydrogen-bond donors (Lipinski definition) is 0. The van der Waals surface area contributed by atoms with Crippen molar-refractivity contribution in [1.82, 2.24) is 0 Å². The summed E-state index contributed by atoms with van der Waals surface area (Å²) in [7, 11) is 1.32. The Labute approximate surface area is 75.2 Å². The van der Waals surface area contributed by atoms with Gasteiger partial charge in [-0.3, -0.25) is 0 Å². The number of esters is 1. The third-order valence-electron chi connectivity index (χ3n) is 1.22. The zero-order valence-electron chi connectivity index (χ0n) is 6.66. The van der Waals surface area contributed by atoms with E-state index in [1.165, 1.54) is 7.11 Å². The molecule has 0 unspecified atom stereocenters. The Balaban J connectivity index is 2.43. The Hall–Kier alpha value is -1.27. The molecule has 1 aromatic heterocycles. The third-order valence-corrected chi connectivity index (χ3v) is 2.09. The van der Waals surface area contributed by atoms with E-state index in [9.17, 15) is 4.79 Å². The van der Waals surface area contributed by atoms with Crippen LogP contribution in [0.5, 0.6) is 0 Å². The lowest BCUT2D eigenvalue weighted by Gasteiger charge is -1.85. The van der Waals surface area contributed by atoms with Crippen LogP contribution in [0.3, 0.4) is 0 Å². The highest BCUT2D eigenvalue weighted by Crippen LogP contribution is 2.07. The molecule has 0 saturated heterocycles. The van der Waals surface area contributed by atoms with Crippen LogP contribution in [0.4, 0.5) is 0 Å². The molecule has 0 aliphatic rings. The zero-order chi connectivity index (χ0) is 8.81. The van der Waals surface area contributed by atoms with Crippen LogP contribution < -0.4 is 0 Å². The van der Waals surface area contributed by atoms with Crippen LogP contribution in [0.2, 0.25) is 0 Å². The van der Waals surface area contributed by atoms with E-state index < -0.39 is 5.97 Å². The SMILES string of the molecule is COC(=O)C#CCc1cccs1. The molecular weight excluding hydrogens is 172 g/mol. The number of ether oxygens (including phenoxy) is 1. The summed E-state index contributed by atoms with van der Waals surface area (Å²) in [5, 5.41) is 1.98. The van der Waals surface area contributed by atoms with E-state index >= 15 is 0 Å². The Morgan fingerprint density at radius 1 is 1.75 bits per heavy atom. The van der Waals surface area contributed by atoms with Crippen LogP contribution in [-0.2, 0) is 16.0 Å². The second-order valence-corrected chi connectivity index (χ2v) is 3.08. The third kappa shape index (κ3) is 2.77. The van der Waals surface area contributed by atoms with Crippen molar-refractivity contribution in [3.05, 3.63) is 22.4 Å². The first-order valence-electron chi connectivity index (χ1n) is 3.42. The number of carbonyl (C=O) groups excluding carboxylic acids is 1. The van der Waals surface area contributed by atoms with Gasteiger partial charge in [-0.15, -0.1) is 11.3 Å². The van der Waals surface area contributed by atoms with E-state index in [1.807, 2.05) is 17.5 Å². The molecule has 0 fully saturated rings. The van der Waals surface area contributed by atoms with Crippen LogP contribution in [0, 0.1) is 11.8 Å². The molecule has 0 saturated carbocycles. The Morgan fingerprint density at radius 2 is 2.58 bits per heavy atom. The molecule has 0 bridgehead atoms. The van der Waals surface area contributed by atoms with Gasteiger partial charge in [0.05, 0.1) is 7.11 Å². The lowest BCUT2D eigenvalue weighted by molar-refractivity contribution is -0.133. The van der Waals surface area contributed by atoms with Gasteiger partial charge in [0.15, 0.2) is 0 Å². The summed E-state index contributed by atoms with van der Waals surface area (Å²) >= 11 is 1.63. The fourth-order valence-electron chi connectivity index (χ4n) is 0.668. The van der Waals surface area contributed by atoms with E-state index in [0.29, 0.717) is 6.42 Å². The minimum atomic E-state index is -0.480. The van der Waals surface area contributed by atoms with Crippen molar-refractivity contribution < 1.29 is 9.53 Å². The molecular formula is C9H8O2S. The fraction of sp³-hybridized carbons (Fsp3) is 0.222. The van der Waals surface area contributed by atoms with Gasteiger partial charge in [0.1, 0.15) is 0 Å². The Kier molecular flexibility index (Phi) is 3.36. The van der Waals surface area contributed by atoms with Gasteiger partial charge >= 0.3 is 5.97 Å². The average Bonchev–Trinajstić information content (AvgIpc) is 2.57. The van der Waals surface area contributed by atoms with Gasteiger partial charge in [-0.1, -0.05) is 12.0 Å². The summed E-state index contributed by atoms with van der Waals surface area (Å²) in [6.07, 6.45) is 0.618. The van der Waals surface area contributed by atoms with Crippen LogP contribution in [0.25, 0.3) is 0 Å². The molecule has 3 heteroatoms. The summed E-state index contributed by atoms with van der Waals surface area (Å²) in [4.78, 5) is 11.7. The second kappa shape index (κ2) is 4.58. The highest BCUT2D eigenvalue weighted by molar-refractivity contribution is 7.09. The van der Waals surface area contributed by atoms with Gasteiger partial charge in [0.2, 0.25) is 0 Å². The number of carbonyl (C=O) groups is 1. The highest BCUT2D eigenvalue weighted by atomic mass is 32.1. The number of methoxy groups -OCH3 is 1. The maximum absolute atomic E-state index is 10.5. The fourth-order valence-corrected chi connectivity index (χ4v) is 1.31. The quantitative estimate of drug-likeness (QED) is 0.371. The van der Waals surface area contributed by atoms with Gasteiger partial charge in [-0.2, -0.15) is 0 Å². The molecule has 62 valence electrons. The summed E-state index contributed by atoms with van der Waals surface area (Å²) in [6, 6.07) is 3.94. The summed E-state index contributed by atoms with van der Waals surface area (Å²) in [5.41, 5.74) is 0. The second-order valence-electron chi connectivity index (χ2n) is 2.05. The first-order chi connectivity index (χ1) is 5.83. The van der Waals surface area contributed by atoms with Crippen molar-refractivity contribution in [3.63, 3.8) is 0 Å². The number of thiophene rings is 1. The van der Waals surface area contributed by atoms with E-state index in [-0.39, 0.29) is 0 Å². The topological polar surface area (TPSA) is 26.3 Å². The molecule has 2 nitrogen and oxygen atoms in total. The largest absolute Gasteiger partial charge is 0.459 e. The van der Waals surface area contributed by atoms with Crippen LogP contribution >= 0.6 is 11.3 Å². The Bertz CT molecular complexity index is 303. The normalized spacial score (nSPS) is 8.42. The van der Waals surface area contributed by atoms with Crippen molar-refractivity contribution in [2.75, 3.05) is 7.11 Å². The molecule has 0 aromatic carbocycles. The monoisotopic (exact) mass is 180 g/mol. The first-order valence-corrected chi connectivity index (χ1v) is 4.30. The van der Waals surface area contributed by atoms with E-state index in [0.717, 1.165) is 4.88 Å². The van der Waals surface area contributed by atoms with Crippen molar-refractivity contribution in [1.29, 1.82) is 0 Å². The number of hydrogen-bond acceptors (Lipinski definition) is 3. The molecule has 0 aliphatic carbocycles. The summed E-state index contributed by atoms with van der Waals surface area (Å²) < 4.78 is 4.36. The standard InChI is InChI=1S/C9H8O2S/c1-11-9(10)6-2-4-8-5-3-7-12-8/h3,5,7H,4H2,1H3. The zero-order valence-corrected chi connectivity index (χ0v) is 7.48. The first kappa shape index (κ1) is 8.82. The van der Waals surface area contributed by atoms with Gasteiger partial charge < -0.3 is 4.74 Å². The van der Waals surface area contributed by atoms with Crippen LogP contribution in [0.1, 0.15) is 4.88 Å². The van der Waals surface area contributed by atoms with Crippen molar-refractivity contribution in [3.8, 4) is 11.8 Å². The predicted octanol–water partition coefficient (Wildman–Crippen LogP) is 1.47. The van der Waals surface area contributed by atoms with E-state index in [2.05, 4.69) is 16.6 Å². The molecule has 0 atom stereocenters. The Morgan fingerprint density at radius 3 is 3.17 bits per heavy atom. The van der Waals surface area contributed by atoms with Gasteiger partial charge in [-0.05, 0) is 11.4 Å². The maximum atomic E-state index is 10.5. The van der Waals surface area contributed by atoms with Crippen LogP contribution in [-0.4, -0.2) is 13.1 Å². The molecule has 12 heavy (non-hydrogen) atoms. The van der Waals surface area contributed by atoms with E-state index in [1.54, 1.807) is 11.3 Å². The van der Waals surface area contributed by atoms with Crippen molar-refractivity contribution in [2.24, 2.45) is 0 Å². The average molecular weight is 180 g/mol. The van der Waals surface area contributed by atoms with Crippen molar-refractivity contribution in [2.45, 2.75) is 6.42 Å². The minimum absolute atomic E-state index is 0.480. The van der Waals surface area contributed by atoms with E-state index in [4.69, 9.17) is 0 Å². The van der Waals surface area contributed by atoms with Gasteiger partial charge in [-0.25, -0.2) is 4.79 Å². The van der Waals surface area contributed by atoms with Crippen LogP contribution in [0.15, 0.2) is 17.5 Å². The summed E-state index contributed by atoms with van der Waals surface area (Å²) in [6.45, 7) is 0. The smallest absolute Gasteiger partial charge is 0.384 e. The molecule has 1 heterocycles. The predicted molar refractivity (Wildman–Crippen MR) is 47.8 cm³/mol. The molecule has 0 aliphatic heterocycles. The lowest BCUT2D eigenvalue weighted by Crippen LogP contribution is -1.94. The molecule has 0 spiro atoms. The van der Waals surface area contributed by atoms with Gasteiger partial charge in [0.25, 0.3) is 0 Å². The van der Waals surface area contributed by atoms with Gasteiger partial charge in [0, 0.05) is 17.2 Å².